The molecule has 0 spiro atoms. The highest BCUT2D eigenvalue weighted by Gasteiger charge is 2.05. The average Bonchev–Trinajstić information content (AvgIpc) is 2.34. The van der Waals surface area contributed by atoms with Crippen molar-refractivity contribution in [2.75, 3.05) is 5.73 Å². The molecule has 18 heavy (non-hydrogen) atoms. The second-order valence-electron chi connectivity index (χ2n) is 3.71. The summed E-state index contributed by atoms with van der Waals surface area (Å²) in [5.74, 6) is -0.614. The lowest BCUT2D eigenvalue weighted by Gasteiger charge is -2.08. The second kappa shape index (κ2) is 5.35. The van der Waals surface area contributed by atoms with E-state index in [1.54, 1.807) is 12.1 Å². The Morgan fingerprint density at radius 3 is 2.56 bits per heavy atom. The first kappa shape index (κ1) is 12.8. The lowest BCUT2D eigenvalue weighted by Crippen LogP contribution is -1.99. The number of rotatable bonds is 3. The molecule has 0 fully saturated rings. The fourth-order valence-electron chi connectivity index (χ4n) is 1.41. The molecule has 0 aromatic heterocycles. The van der Waals surface area contributed by atoms with Crippen LogP contribution in [0.3, 0.4) is 0 Å². The van der Waals surface area contributed by atoms with Gasteiger partial charge in [-0.25, -0.2) is 8.78 Å². The van der Waals surface area contributed by atoms with Crippen LogP contribution in [0.5, 0.6) is 5.75 Å². The first-order valence-electron chi connectivity index (χ1n) is 5.18. The van der Waals surface area contributed by atoms with Gasteiger partial charge in [-0.2, -0.15) is 0 Å². The molecule has 0 radical (unpaired) electrons. The Bertz CT molecular complexity index is 575. The predicted octanol–water partition coefficient (Wildman–Crippen LogP) is 3.89. The van der Waals surface area contributed by atoms with Gasteiger partial charge in [0.15, 0.2) is 0 Å². The van der Waals surface area contributed by atoms with Crippen molar-refractivity contribution in [3.63, 3.8) is 0 Å². The van der Waals surface area contributed by atoms with E-state index < -0.39 is 5.82 Å². The highest BCUT2D eigenvalue weighted by molar-refractivity contribution is 9.10. The SMILES string of the molecule is Nc1ccc(OCc2cc(Br)ccc2F)cc1F. The Hall–Kier alpha value is -1.62. The van der Waals surface area contributed by atoms with Crippen molar-refractivity contribution in [1.29, 1.82) is 0 Å². The number of nitrogens with two attached hydrogens (primary N) is 1. The molecule has 2 N–H and O–H groups in total. The van der Waals surface area contributed by atoms with Crippen LogP contribution < -0.4 is 10.5 Å². The van der Waals surface area contributed by atoms with Crippen molar-refractivity contribution in [3.05, 3.63) is 58.1 Å². The summed E-state index contributed by atoms with van der Waals surface area (Å²) < 4.78 is 32.6. The molecule has 2 nitrogen and oxygen atoms in total. The van der Waals surface area contributed by atoms with Gasteiger partial charge in [0.05, 0.1) is 5.69 Å². The van der Waals surface area contributed by atoms with Gasteiger partial charge in [-0.15, -0.1) is 0 Å². The van der Waals surface area contributed by atoms with Crippen LogP contribution in [0.2, 0.25) is 0 Å². The van der Waals surface area contributed by atoms with Crippen LogP contribution in [0, 0.1) is 11.6 Å². The summed E-state index contributed by atoms with van der Waals surface area (Å²) in [6, 6.07) is 8.67. The molecule has 2 rings (SSSR count). The molecule has 0 amide bonds. The maximum Gasteiger partial charge on any atom is 0.149 e. The summed E-state index contributed by atoms with van der Waals surface area (Å²) in [6.45, 7) is 0.0225. The summed E-state index contributed by atoms with van der Waals surface area (Å²) in [5, 5.41) is 0. The van der Waals surface area contributed by atoms with Gasteiger partial charge in [0, 0.05) is 16.1 Å². The van der Waals surface area contributed by atoms with Crippen LogP contribution in [0.4, 0.5) is 14.5 Å². The van der Waals surface area contributed by atoms with Gasteiger partial charge in [0.2, 0.25) is 0 Å². The van der Waals surface area contributed by atoms with Crippen LogP contribution in [-0.2, 0) is 6.61 Å². The monoisotopic (exact) mass is 313 g/mol. The maximum atomic E-state index is 13.4. The number of benzene rings is 2. The lowest BCUT2D eigenvalue weighted by atomic mass is 10.2. The molecule has 2 aromatic carbocycles. The second-order valence-corrected chi connectivity index (χ2v) is 4.62. The zero-order chi connectivity index (χ0) is 13.1. The number of anilines is 1. The number of hydrogen-bond acceptors (Lipinski definition) is 2. The zero-order valence-corrected chi connectivity index (χ0v) is 10.9. The topological polar surface area (TPSA) is 35.2 Å². The molecule has 0 saturated heterocycles. The fourth-order valence-corrected chi connectivity index (χ4v) is 1.82. The first-order valence-corrected chi connectivity index (χ1v) is 5.97. The van der Waals surface area contributed by atoms with E-state index in [0.717, 1.165) is 4.47 Å². The average molecular weight is 314 g/mol. The molecule has 94 valence electrons. The van der Waals surface area contributed by atoms with E-state index in [1.807, 2.05) is 0 Å². The van der Waals surface area contributed by atoms with Crippen LogP contribution in [0.25, 0.3) is 0 Å². The maximum absolute atomic E-state index is 13.4. The van der Waals surface area contributed by atoms with Crippen LogP contribution in [-0.4, -0.2) is 0 Å². The molecule has 0 aliphatic carbocycles. The number of ether oxygens (including phenoxy) is 1. The van der Waals surface area contributed by atoms with Crippen LogP contribution in [0.15, 0.2) is 40.9 Å². The zero-order valence-electron chi connectivity index (χ0n) is 9.29. The van der Waals surface area contributed by atoms with E-state index in [1.165, 1.54) is 24.3 Å². The minimum absolute atomic E-state index is 0.0225. The third kappa shape index (κ3) is 2.98. The van der Waals surface area contributed by atoms with Crippen molar-refractivity contribution in [3.8, 4) is 5.75 Å². The van der Waals surface area contributed by atoms with Crippen molar-refractivity contribution < 1.29 is 13.5 Å². The molecule has 0 atom stereocenters. The first-order chi connectivity index (χ1) is 8.56. The van der Waals surface area contributed by atoms with Crippen molar-refractivity contribution in [2.45, 2.75) is 6.61 Å². The minimum Gasteiger partial charge on any atom is -0.489 e. The smallest absolute Gasteiger partial charge is 0.149 e. The lowest BCUT2D eigenvalue weighted by molar-refractivity contribution is 0.298. The summed E-state index contributed by atoms with van der Waals surface area (Å²) in [5.41, 5.74) is 5.79. The van der Waals surface area contributed by atoms with E-state index >= 15 is 0 Å². The quantitative estimate of drug-likeness (QED) is 0.873. The third-order valence-electron chi connectivity index (χ3n) is 2.37. The van der Waals surface area contributed by atoms with Crippen molar-refractivity contribution in [1.82, 2.24) is 0 Å². The molecule has 0 saturated carbocycles. The molecule has 0 aliphatic heterocycles. The molecule has 2 aromatic rings. The Labute approximate surface area is 112 Å². The fraction of sp³-hybridized carbons (Fsp3) is 0.0769. The van der Waals surface area contributed by atoms with Gasteiger partial charge in [0.1, 0.15) is 24.0 Å². The van der Waals surface area contributed by atoms with Gasteiger partial charge >= 0.3 is 0 Å². The summed E-state index contributed by atoms with van der Waals surface area (Å²) in [4.78, 5) is 0. The van der Waals surface area contributed by atoms with Crippen LogP contribution in [0.1, 0.15) is 5.56 Å². The highest BCUT2D eigenvalue weighted by atomic mass is 79.9. The third-order valence-corrected chi connectivity index (χ3v) is 2.87. The van der Waals surface area contributed by atoms with E-state index in [9.17, 15) is 8.78 Å². The number of nitrogen functional groups attached to an aromatic ring is 1. The summed E-state index contributed by atoms with van der Waals surface area (Å²) in [7, 11) is 0. The Balaban J connectivity index is 2.11. The highest BCUT2D eigenvalue weighted by Crippen LogP contribution is 2.21. The Kier molecular flexibility index (Phi) is 3.81. The Morgan fingerprint density at radius 2 is 1.83 bits per heavy atom. The molecular formula is C13H10BrF2NO. The van der Waals surface area contributed by atoms with E-state index in [0.29, 0.717) is 11.3 Å². The normalized spacial score (nSPS) is 10.4. The van der Waals surface area contributed by atoms with E-state index in [2.05, 4.69) is 15.9 Å². The van der Waals surface area contributed by atoms with Gasteiger partial charge in [-0.1, -0.05) is 15.9 Å². The predicted molar refractivity (Wildman–Crippen MR) is 69.2 cm³/mol. The summed E-state index contributed by atoms with van der Waals surface area (Å²) in [6.07, 6.45) is 0. The van der Waals surface area contributed by atoms with Crippen LogP contribution >= 0.6 is 15.9 Å². The van der Waals surface area contributed by atoms with Gasteiger partial charge < -0.3 is 10.5 Å². The van der Waals surface area contributed by atoms with Crippen molar-refractivity contribution in [2.24, 2.45) is 0 Å². The molecule has 5 heteroatoms. The standard InChI is InChI=1S/C13H10BrF2NO/c14-9-1-3-11(15)8(5-9)7-18-10-2-4-13(17)12(16)6-10/h1-6H,7,17H2. The molecule has 0 heterocycles. The molecule has 0 aliphatic rings. The van der Waals surface area contributed by atoms with Crippen molar-refractivity contribution >= 4 is 21.6 Å². The molecular weight excluding hydrogens is 304 g/mol. The Morgan fingerprint density at radius 1 is 1.06 bits per heavy atom. The van der Waals surface area contributed by atoms with E-state index in [-0.39, 0.29) is 18.1 Å². The van der Waals surface area contributed by atoms with Gasteiger partial charge in [0.25, 0.3) is 0 Å². The minimum atomic E-state index is -0.554. The number of halogens is 3. The largest absolute Gasteiger partial charge is 0.489 e. The summed E-state index contributed by atoms with van der Waals surface area (Å²) >= 11 is 3.24. The number of hydrogen-bond donors (Lipinski definition) is 1. The molecule has 0 bridgehead atoms. The van der Waals surface area contributed by atoms with Gasteiger partial charge in [-0.05, 0) is 30.3 Å². The molecule has 0 unspecified atom stereocenters. The van der Waals surface area contributed by atoms with Gasteiger partial charge in [-0.3, -0.25) is 0 Å². The van der Waals surface area contributed by atoms with E-state index in [4.69, 9.17) is 10.5 Å².